The first-order chi connectivity index (χ1) is 8.34. The van der Waals surface area contributed by atoms with Gasteiger partial charge in [-0.2, -0.15) is 13.2 Å². The number of hydrogen-bond acceptors (Lipinski definition) is 4. The molecule has 0 aromatic carbocycles. The number of carbonyl (C=O) groups is 2. The summed E-state index contributed by atoms with van der Waals surface area (Å²) in [6.07, 6.45) is -5.01. The zero-order chi connectivity index (χ0) is 14.0. The van der Waals surface area contributed by atoms with Gasteiger partial charge in [-0.3, -0.25) is 9.59 Å². The number of amides is 1. The highest BCUT2D eigenvalue weighted by molar-refractivity contribution is 5.81. The number of ether oxygens (including phenoxy) is 2. The second kappa shape index (κ2) is 8.70. The van der Waals surface area contributed by atoms with E-state index in [1.165, 1.54) is 0 Å². The Morgan fingerprint density at radius 1 is 1.06 bits per heavy atom. The standard InChI is InChI=1S/C9H14F3NO5/c10-9(11,12)8(16)13-2-4-18-6-5-17-3-1-7(14)15/h1-6H2,(H,13,16)(H,14,15). The van der Waals surface area contributed by atoms with E-state index in [-0.39, 0.29) is 39.4 Å². The summed E-state index contributed by atoms with van der Waals surface area (Å²) in [5, 5.41) is 9.89. The van der Waals surface area contributed by atoms with Gasteiger partial charge in [0.05, 0.1) is 32.8 Å². The van der Waals surface area contributed by atoms with Crippen LogP contribution in [0.5, 0.6) is 0 Å². The van der Waals surface area contributed by atoms with Crippen LogP contribution in [0, 0.1) is 0 Å². The Morgan fingerprint density at radius 2 is 1.61 bits per heavy atom. The van der Waals surface area contributed by atoms with Crippen LogP contribution >= 0.6 is 0 Å². The van der Waals surface area contributed by atoms with Gasteiger partial charge in [-0.05, 0) is 0 Å². The van der Waals surface area contributed by atoms with E-state index >= 15 is 0 Å². The Balaban J connectivity index is 3.27. The second-order valence-electron chi connectivity index (χ2n) is 3.12. The molecule has 0 spiro atoms. The minimum atomic E-state index is -4.89. The zero-order valence-corrected chi connectivity index (χ0v) is 9.46. The Labute approximate surface area is 101 Å². The van der Waals surface area contributed by atoms with E-state index in [1.807, 2.05) is 0 Å². The van der Waals surface area contributed by atoms with Gasteiger partial charge in [0.15, 0.2) is 0 Å². The van der Waals surface area contributed by atoms with Gasteiger partial charge in [0.25, 0.3) is 0 Å². The van der Waals surface area contributed by atoms with Crippen LogP contribution in [0.4, 0.5) is 13.2 Å². The highest BCUT2D eigenvalue weighted by Crippen LogP contribution is 2.13. The molecule has 0 fully saturated rings. The molecule has 18 heavy (non-hydrogen) atoms. The largest absolute Gasteiger partial charge is 0.481 e. The molecule has 0 bridgehead atoms. The molecule has 0 aromatic rings. The smallest absolute Gasteiger partial charge is 0.471 e. The number of rotatable bonds is 9. The predicted octanol–water partition coefficient (Wildman–Crippen LogP) is 0.173. The summed E-state index contributed by atoms with van der Waals surface area (Å²) < 4.78 is 44.8. The molecule has 0 aliphatic rings. The number of carboxylic acid groups (broad SMARTS) is 1. The molecule has 0 aliphatic heterocycles. The van der Waals surface area contributed by atoms with Crippen LogP contribution in [0.1, 0.15) is 6.42 Å². The molecule has 0 aromatic heterocycles. The van der Waals surface area contributed by atoms with Crippen molar-refractivity contribution in [3.05, 3.63) is 0 Å². The molecular formula is C9H14F3NO5. The summed E-state index contributed by atoms with van der Waals surface area (Å²) in [7, 11) is 0. The second-order valence-corrected chi connectivity index (χ2v) is 3.12. The average Bonchev–Trinajstić information content (AvgIpc) is 2.24. The highest BCUT2D eigenvalue weighted by atomic mass is 19.4. The molecule has 0 aliphatic carbocycles. The van der Waals surface area contributed by atoms with E-state index in [2.05, 4.69) is 0 Å². The highest BCUT2D eigenvalue weighted by Gasteiger charge is 2.38. The van der Waals surface area contributed by atoms with Crippen molar-refractivity contribution in [3.63, 3.8) is 0 Å². The Bertz CT molecular complexity index is 269. The molecule has 9 heteroatoms. The van der Waals surface area contributed by atoms with E-state index in [1.54, 1.807) is 5.32 Å². The summed E-state index contributed by atoms with van der Waals surface area (Å²) in [4.78, 5) is 20.4. The van der Waals surface area contributed by atoms with Crippen molar-refractivity contribution in [2.24, 2.45) is 0 Å². The van der Waals surface area contributed by atoms with Crippen molar-refractivity contribution in [1.29, 1.82) is 0 Å². The quantitative estimate of drug-likeness (QED) is 0.585. The monoisotopic (exact) mass is 273 g/mol. The zero-order valence-electron chi connectivity index (χ0n) is 9.46. The van der Waals surface area contributed by atoms with E-state index < -0.39 is 18.1 Å². The number of hydrogen-bond donors (Lipinski definition) is 2. The van der Waals surface area contributed by atoms with Gasteiger partial charge in [0.1, 0.15) is 0 Å². The van der Waals surface area contributed by atoms with Crippen LogP contribution in [0.15, 0.2) is 0 Å². The van der Waals surface area contributed by atoms with Gasteiger partial charge in [0.2, 0.25) is 0 Å². The topological polar surface area (TPSA) is 84.9 Å². The van der Waals surface area contributed by atoms with Crippen LogP contribution in [-0.4, -0.2) is 56.1 Å². The SMILES string of the molecule is O=C(O)CCOCCOCCNC(=O)C(F)(F)F. The molecule has 0 heterocycles. The van der Waals surface area contributed by atoms with Gasteiger partial charge >= 0.3 is 18.1 Å². The molecule has 0 atom stereocenters. The summed E-state index contributed by atoms with van der Waals surface area (Å²) in [5.41, 5.74) is 0. The lowest BCUT2D eigenvalue weighted by molar-refractivity contribution is -0.173. The first kappa shape index (κ1) is 16.6. The van der Waals surface area contributed by atoms with E-state index in [9.17, 15) is 22.8 Å². The van der Waals surface area contributed by atoms with Crippen molar-refractivity contribution >= 4 is 11.9 Å². The minimum absolute atomic E-state index is 0.0451. The van der Waals surface area contributed by atoms with Crippen LogP contribution < -0.4 is 5.32 Å². The van der Waals surface area contributed by atoms with Crippen LogP contribution in [0.3, 0.4) is 0 Å². The fourth-order valence-corrected chi connectivity index (χ4v) is 0.818. The number of carboxylic acids is 1. The molecule has 2 N–H and O–H groups in total. The van der Waals surface area contributed by atoms with E-state index in [0.29, 0.717) is 0 Å². The molecule has 0 saturated heterocycles. The number of alkyl halides is 3. The Hall–Kier alpha value is -1.35. The van der Waals surface area contributed by atoms with E-state index in [0.717, 1.165) is 0 Å². The van der Waals surface area contributed by atoms with Crippen molar-refractivity contribution in [2.45, 2.75) is 12.6 Å². The molecule has 1 amide bonds. The maximum absolute atomic E-state index is 11.7. The molecular weight excluding hydrogens is 259 g/mol. The lowest BCUT2D eigenvalue weighted by Gasteiger charge is -2.08. The van der Waals surface area contributed by atoms with Gasteiger partial charge < -0.3 is 19.9 Å². The van der Waals surface area contributed by atoms with Crippen LogP contribution in [0.25, 0.3) is 0 Å². The van der Waals surface area contributed by atoms with Crippen molar-refractivity contribution in [2.75, 3.05) is 33.0 Å². The average molecular weight is 273 g/mol. The third-order valence-corrected chi connectivity index (χ3v) is 1.62. The molecule has 0 rings (SSSR count). The first-order valence-corrected chi connectivity index (χ1v) is 5.06. The molecule has 0 saturated carbocycles. The molecule has 0 radical (unpaired) electrons. The number of aliphatic carboxylic acids is 1. The number of nitrogens with one attached hydrogen (secondary N) is 1. The fraction of sp³-hybridized carbons (Fsp3) is 0.778. The predicted molar refractivity (Wildman–Crippen MR) is 53.0 cm³/mol. The first-order valence-electron chi connectivity index (χ1n) is 5.06. The fourth-order valence-electron chi connectivity index (χ4n) is 0.818. The maximum atomic E-state index is 11.7. The lowest BCUT2D eigenvalue weighted by atomic mass is 10.5. The van der Waals surface area contributed by atoms with Crippen molar-refractivity contribution in [3.8, 4) is 0 Å². The normalized spacial score (nSPS) is 11.3. The third-order valence-electron chi connectivity index (χ3n) is 1.62. The van der Waals surface area contributed by atoms with Crippen LogP contribution in [-0.2, 0) is 19.1 Å². The van der Waals surface area contributed by atoms with Gasteiger partial charge in [-0.1, -0.05) is 0 Å². The summed E-state index contributed by atoms with van der Waals surface area (Å²) >= 11 is 0. The minimum Gasteiger partial charge on any atom is -0.481 e. The summed E-state index contributed by atoms with van der Waals surface area (Å²) in [6, 6.07) is 0. The number of carbonyl (C=O) groups excluding carboxylic acids is 1. The van der Waals surface area contributed by atoms with Gasteiger partial charge in [-0.25, -0.2) is 0 Å². The van der Waals surface area contributed by atoms with Crippen molar-refractivity contribution < 1.29 is 37.3 Å². The van der Waals surface area contributed by atoms with Crippen molar-refractivity contribution in [1.82, 2.24) is 5.32 Å². The molecule has 106 valence electrons. The third kappa shape index (κ3) is 9.85. The Kier molecular flexibility index (Phi) is 8.05. The van der Waals surface area contributed by atoms with Gasteiger partial charge in [-0.15, -0.1) is 0 Å². The van der Waals surface area contributed by atoms with Crippen LogP contribution in [0.2, 0.25) is 0 Å². The maximum Gasteiger partial charge on any atom is 0.471 e. The number of halogens is 3. The Morgan fingerprint density at radius 3 is 2.11 bits per heavy atom. The van der Waals surface area contributed by atoms with Gasteiger partial charge in [0, 0.05) is 6.54 Å². The molecule has 0 unspecified atom stereocenters. The molecule has 6 nitrogen and oxygen atoms in total. The van der Waals surface area contributed by atoms with E-state index in [4.69, 9.17) is 14.6 Å². The summed E-state index contributed by atoms with van der Waals surface area (Å²) in [5.74, 6) is -2.99. The summed E-state index contributed by atoms with van der Waals surface area (Å²) in [6.45, 7) is -0.0386. The lowest BCUT2D eigenvalue weighted by Crippen LogP contribution is -2.38.